The molecule has 1 aliphatic carbocycles. The first kappa shape index (κ1) is 14.4. The van der Waals surface area contributed by atoms with Crippen molar-refractivity contribution in [1.82, 2.24) is 10.3 Å². The van der Waals surface area contributed by atoms with Crippen LogP contribution in [0.1, 0.15) is 25.3 Å². The number of hydrogen-bond acceptors (Lipinski definition) is 3. The molecule has 0 aliphatic heterocycles. The minimum absolute atomic E-state index is 0.694. The number of nitrogens with one attached hydrogen (secondary N) is 1. The van der Waals surface area contributed by atoms with E-state index in [0.29, 0.717) is 11.1 Å². The molecule has 110 valence electrons. The van der Waals surface area contributed by atoms with Gasteiger partial charge in [0, 0.05) is 31.0 Å². The van der Waals surface area contributed by atoms with Crippen LogP contribution in [0.15, 0.2) is 42.6 Å². The van der Waals surface area contributed by atoms with Gasteiger partial charge in [-0.1, -0.05) is 29.8 Å². The molecular formula is C17H20ClN3. The Morgan fingerprint density at radius 1 is 1.29 bits per heavy atom. The number of nitrogens with zero attached hydrogens (tertiary/aromatic N) is 2. The lowest BCUT2D eigenvalue weighted by molar-refractivity contribution is 0.686. The van der Waals surface area contributed by atoms with E-state index in [9.17, 15) is 0 Å². The summed E-state index contributed by atoms with van der Waals surface area (Å²) in [6.07, 6.45) is 4.50. The van der Waals surface area contributed by atoms with Crippen molar-refractivity contribution in [3.8, 4) is 0 Å². The first-order valence-corrected chi connectivity index (χ1v) is 7.86. The van der Waals surface area contributed by atoms with Crippen molar-refractivity contribution in [3.63, 3.8) is 0 Å². The topological polar surface area (TPSA) is 28.2 Å². The second kappa shape index (κ2) is 6.46. The Hall–Kier alpha value is -1.58. The summed E-state index contributed by atoms with van der Waals surface area (Å²) < 4.78 is 0. The molecule has 2 aromatic rings. The average Bonchev–Trinajstić information content (AvgIpc) is 3.33. The van der Waals surface area contributed by atoms with Gasteiger partial charge in [-0.15, -0.1) is 0 Å². The summed E-state index contributed by atoms with van der Waals surface area (Å²) in [5.74, 6) is 0.820. The SMILES string of the molecule is CCN(c1ccccc1)c1ncc(CNC2CC2)cc1Cl. The van der Waals surface area contributed by atoms with Crippen LogP contribution in [-0.2, 0) is 6.54 Å². The molecular weight excluding hydrogens is 282 g/mol. The summed E-state index contributed by atoms with van der Waals surface area (Å²) in [6, 6.07) is 12.9. The number of benzene rings is 1. The molecule has 1 saturated carbocycles. The molecule has 1 heterocycles. The van der Waals surface area contributed by atoms with Crippen LogP contribution in [0.25, 0.3) is 0 Å². The maximum absolute atomic E-state index is 6.45. The maximum atomic E-state index is 6.45. The Morgan fingerprint density at radius 2 is 2.05 bits per heavy atom. The van der Waals surface area contributed by atoms with Gasteiger partial charge in [0.05, 0.1) is 5.02 Å². The van der Waals surface area contributed by atoms with Gasteiger partial charge >= 0.3 is 0 Å². The molecule has 0 spiro atoms. The number of aromatic nitrogens is 1. The third-order valence-electron chi connectivity index (χ3n) is 3.69. The van der Waals surface area contributed by atoms with Crippen molar-refractivity contribution in [3.05, 3.63) is 53.2 Å². The van der Waals surface area contributed by atoms with Gasteiger partial charge in [-0.05, 0) is 43.5 Å². The molecule has 4 heteroatoms. The highest BCUT2D eigenvalue weighted by molar-refractivity contribution is 6.33. The second-order valence-electron chi connectivity index (χ2n) is 5.38. The lowest BCUT2D eigenvalue weighted by Gasteiger charge is -2.23. The zero-order valence-corrected chi connectivity index (χ0v) is 13.0. The van der Waals surface area contributed by atoms with Crippen molar-refractivity contribution in [2.75, 3.05) is 11.4 Å². The minimum atomic E-state index is 0.694. The number of rotatable bonds is 6. The van der Waals surface area contributed by atoms with Crippen LogP contribution in [0.5, 0.6) is 0 Å². The van der Waals surface area contributed by atoms with E-state index in [2.05, 4.69) is 34.3 Å². The van der Waals surface area contributed by atoms with Gasteiger partial charge < -0.3 is 10.2 Å². The summed E-state index contributed by atoms with van der Waals surface area (Å²) in [4.78, 5) is 6.70. The van der Waals surface area contributed by atoms with E-state index in [0.717, 1.165) is 30.2 Å². The van der Waals surface area contributed by atoms with Crippen molar-refractivity contribution >= 4 is 23.1 Å². The zero-order chi connectivity index (χ0) is 14.7. The summed E-state index contributed by atoms with van der Waals surface area (Å²) in [6.45, 7) is 3.78. The van der Waals surface area contributed by atoms with Crippen LogP contribution in [0.2, 0.25) is 5.02 Å². The predicted octanol–water partition coefficient (Wildman–Crippen LogP) is 4.15. The van der Waals surface area contributed by atoms with Gasteiger partial charge in [-0.3, -0.25) is 0 Å². The Balaban J connectivity index is 1.79. The fourth-order valence-corrected chi connectivity index (χ4v) is 2.67. The van der Waals surface area contributed by atoms with Gasteiger partial charge in [0.25, 0.3) is 0 Å². The maximum Gasteiger partial charge on any atom is 0.151 e. The van der Waals surface area contributed by atoms with E-state index >= 15 is 0 Å². The van der Waals surface area contributed by atoms with E-state index in [4.69, 9.17) is 11.6 Å². The van der Waals surface area contributed by atoms with E-state index in [1.165, 1.54) is 12.8 Å². The van der Waals surface area contributed by atoms with Crippen LogP contribution in [0.4, 0.5) is 11.5 Å². The van der Waals surface area contributed by atoms with Gasteiger partial charge in [-0.25, -0.2) is 4.98 Å². The molecule has 3 rings (SSSR count). The molecule has 0 bridgehead atoms. The number of halogens is 1. The molecule has 0 radical (unpaired) electrons. The largest absolute Gasteiger partial charge is 0.325 e. The average molecular weight is 302 g/mol. The highest BCUT2D eigenvalue weighted by Crippen LogP contribution is 2.30. The molecule has 1 N–H and O–H groups in total. The molecule has 21 heavy (non-hydrogen) atoms. The predicted molar refractivity (Wildman–Crippen MR) is 88.2 cm³/mol. The van der Waals surface area contributed by atoms with Crippen molar-refractivity contribution < 1.29 is 0 Å². The first-order chi connectivity index (χ1) is 10.3. The van der Waals surface area contributed by atoms with Crippen LogP contribution < -0.4 is 10.2 Å². The van der Waals surface area contributed by atoms with E-state index < -0.39 is 0 Å². The highest BCUT2D eigenvalue weighted by Gasteiger charge is 2.20. The fourth-order valence-electron chi connectivity index (χ4n) is 2.38. The minimum Gasteiger partial charge on any atom is -0.325 e. The number of para-hydroxylation sites is 1. The third-order valence-corrected chi connectivity index (χ3v) is 3.97. The van der Waals surface area contributed by atoms with Crippen LogP contribution in [0, 0.1) is 0 Å². The summed E-state index contributed by atoms with van der Waals surface area (Å²) in [7, 11) is 0. The molecule has 1 fully saturated rings. The van der Waals surface area contributed by atoms with Gasteiger partial charge in [0.1, 0.15) is 0 Å². The standard InChI is InChI=1S/C17H20ClN3/c1-2-21(15-6-4-3-5-7-15)17-16(18)10-13(12-20-17)11-19-14-8-9-14/h3-7,10,12,14,19H,2,8-9,11H2,1H3. The Kier molecular flexibility index (Phi) is 4.42. The number of anilines is 2. The molecule has 1 aromatic carbocycles. The quantitative estimate of drug-likeness (QED) is 0.869. The molecule has 1 aromatic heterocycles. The van der Waals surface area contributed by atoms with Crippen molar-refractivity contribution in [2.24, 2.45) is 0 Å². The number of hydrogen-bond donors (Lipinski definition) is 1. The monoisotopic (exact) mass is 301 g/mol. The van der Waals surface area contributed by atoms with E-state index in [1.807, 2.05) is 30.5 Å². The number of pyridine rings is 1. The third kappa shape index (κ3) is 3.55. The molecule has 3 nitrogen and oxygen atoms in total. The van der Waals surface area contributed by atoms with Gasteiger partial charge in [0.2, 0.25) is 0 Å². The molecule has 1 aliphatic rings. The summed E-state index contributed by atoms with van der Waals surface area (Å²) >= 11 is 6.45. The normalized spacial score (nSPS) is 14.2. The van der Waals surface area contributed by atoms with Gasteiger partial charge in [0.15, 0.2) is 5.82 Å². The van der Waals surface area contributed by atoms with E-state index in [1.54, 1.807) is 0 Å². The summed E-state index contributed by atoms with van der Waals surface area (Å²) in [5.41, 5.74) is 2.25. The summed E-state index contributed by atoms with van der Waals surface area (Å²) in [5, 5.41) is 4.19. The van der Waals surface area contributed by atoms with Crippen LogP contribution >= 0.6 is 11.6 Å². The van der Waals surface area contributed by atoms with E-state index in [-0.39, 0.29) is 0 Å². The Morgan fingerprint density at radius 3 is 2.67 bits per heavy atom. The Bertz CT molecular complexity index is 596. The fraction of sp³-hybridized carbons (Fsp3) is 0.353. The molecule has 0 atom stereocenters. The zero-order valence-electron chi connectivity index (χ0n) is 12.2. The van der Waals surface area contributed by atoms with Crippen LogP contribution in [-0.4, -0.2) is 17.6 Å². The van der Waals surface area contributed by atoms with Crippen molar-refractivity contribution in [2.45, 2.75) is 32.4 Å². The highest BCUT2D eigenvalue weighted by atomic mass is 35.5. The smallest absolute Gasteiger partial charge is 0.151 e. The Labute approximate surface area is 131 Å². The van der Waals surface area contributed by atoms with Crippen molar-refractivity contribution in [1.29, 1.82) is 0 Å². The van der Waals surface area contributed by atoms with Crippen LogP contribution in [0.3, 0.4) is 0 Å². The lowest BCUT2D eigenvalue weighted by Crippen LogP contribution is -2.19. The second-order valence-corrected chi connectivity index (χ2v) is 5.79. The molecule has 0 amide bonds. The van der Waals surface area contributed by atoms with Gasteiger partial charge in [-0.2, -0.15) is 0 Å². The molecule has 0 unspecified atom stereocenters. The lowest BCUT2D eigenvalue weighted by atomic mass is 10.2. The first-order valence-electron chi connectivity index (χ1n) is 7.48. The molecule has 0 saturated heterocycles.